The van der Waals surface area contributed by atoms with Crippen molar-refractivity contribution in [2.24, 2.45) is 0 Å². The number of aliphatic hydroxyl groups excluding tert-OH is 1. The zero-order valence-electron chi connectivity index (χ0n) is 16.9. The second-order valence-corrected chi connectivity index (χ2v) is 7.18. The molecule has 0 spiro atoms. The number of nitrogens with zero attached hydrogens (tertiary/aromatic N) is 2. The van der Waals surface area contributed by atoms with Gasteiger partial charge in [-0.1, -0.05) is 35.9 Å². The van der Waals surface area contributed by atoms with Gasteiger partial charge < -0.3 is 14.9 Å². The molecule has 1 atom stereocenters. The fourth-order valence-corrected chi connectivity index (χ4v) is 3.64. The molecule has 3 aromatic rings. The number of ether oxygens (including phenoxy) is 1. The zero-order chi connectivity index (χ0) is 22.1. The van der Waals surface area contributed by atoms with Gasteiger partial charge in [-0.05, 0) is 36.8 Å². The summed E-state index contributed by atoms with van der Waals surface area (Å²) in [5.41, 5.74) is 2.26. The topological polar surface area (TPSA) is 100.0 Å². The van der Waals surface area contributed by atoms with Gasteiger partial charge in [-0.3, -0.25) is 19.5 Å². The fraction of sp³-hybridized carbons (Fsp3) is 0.125. The van der Waals surface area contributed by atoms with E-state index in [2.05, 4.69) is 4.98 Å². The number of hydrogen-bond acceptors (Lipinski definition) is 6. The van der Waals surface area contributed by atoms with Crippen LogP contribution in [0.25, 0.3) is 5.76 Å². The summed E-state index contributed by atoms with van der Waals surface area (Å²) in [6.45, 7) is 1.91. The number of aryl methyl sites for hydroxylation is 1. The molecular formula is C24H20N2O5. The number of hydrogen-bond donors (Lipinski definition) is 2. The number of ketones is 1. The van der Waals surface area contributed by atoms with Gasteiger partial charge in [0.2, 0.25) is 0 Å². The number of amides is 1. The van der Waals surface area contributed by atoms with Gasteiger partial charge in [-0.15, -0.1) is 0 Å². The lowest BCUT2D eigenvalue weighted by Crippen LogP contribution is -2.29. The van der Waals surface area contributed by atoms with E-state index in [1.165, 1.54) is 30.3 Å². The first kappa shape index (κ1) is 20.2. The maximum atomic E-state index is 13.1. The summed E-state index contributed by atoms with van der Waals surface area (Å²) in [6.07, 6.45) is 3.03. The average Bonchev–Trinajstić information content (AvgIpc) is 3.05. The summed E-state index contributed by atoms with van der Waals surface area (Å²) >= 11 is 0. The molecule has 2 N–H and O–H groups in total. The number of carbonyl (C=O) groups is 2. The van der Waals surface area contributed by atoms with Crippen molar-refractivity contribution in [2.45, 2.75) is 13.0 Å². The number of phenols is 1. The molecule has 0 aliphatic carbocycles. The van der Waals surface area contributed by atoms with Gasteiger partial charge in [-0.2, -0.15) is 0 Å². The molecular weight excluding hydrogens is 396 g/mol. The molecule has 0 unspecified atom stereocenters. The summed E-state index contributed by atoms with van der Waals surface area (Å²) in [5, 5.41) is 21.1. The van der Waals surface area contributed by atoms with Crippen LogP contribution >= 0.6 is 0 Å². The van der Waals surface area contributed by atoms with Crippen LogP contribution in [0.1, 0.15) is 22.7 Å². The van der Waals surface area contributed by atoms with Gasteiger partial charge in [0.15, 0.2) is 11.5 Å². The van der Waals surface area contributed by atoms with Crippen LogP contribution in [0.5, 0.6) is 11.5 Å². The van der Waals surface area contributed by atoms with E-state index in [9.17, 15) is 19.8 Å². The van der Waals surface area contributed by atoms with E-state index in [0.717, 1.165) is 5.56 Å². The summed E-state index contributed by atoms with van der Waals surface area (Å²) in [7, 11) is 1.41. The van der Waals surface area contributed by atoms with Gasteiger partial charge in [0.05, 0.1) is 30.6 Å². The number of pyridine rings is 1. The van der Waals surface area contributed by atoms with Crippen LogP contribution in [0.3, 0.4) is 0 Å². The molecule has 1 saturated heterocycles. The minimum Gasteiger partial charge on any atom is -0.507 e. The lowest BCUT2D eigenvalue weighted by molar-refractivity contribution is -0.132. The number of phenolic OH excluding ortho intramolecular Hbond substituents is 1. The predicted octanol–water partition coefficient (Wildman–Crippen LogP) is 3.73. The number of methoxy groups -OCH3 is 1. The van der Waals surface area contributed by atoms with Gasteiger partial charge in [0, 0.05) is 11.8 Å². The molecule has 1 fully saturated rings. The van der Waals surface area contributed by atoms with Crippen molar-refractivity contribution in [3.8, 4) is 11.5 Å². The Morgan fingerprint density at radius 1 is 1.10 bits per heavy atom. The Labute approximate surface area is 178 Å². The second kappa shape index (κ2) is 7.95. The normalized spacial score (nSPS) is 17.7. The van der Waals surface area contributed by atoms with E-state index in [4.69, 9.17) is 4.74 Å². The molecule has 1 aliphatic heterocycles. The maximum Gasteiger partial charge on any atom is 0.300 e. The largest absolute Gasteiger partial charge is 0.507 e. The molecule has 1 aromatic heterocycles. The van der Waals surface area contributed by atoms with Gasteiger partial charge in [0.1, 0.15) is 5.76 Å². The highest BCUT2D eigenvalue weighted by Crippen LogP contribution is 2.43. The van der Waals surface area contributed by atoms with E-state index in [0.29, 0.717) is 16.8 Å². The molecule has 7 heteroatoms. The predicted molar refractivity (Wildman–Crippen MR) is 115 cm³/mol. The van der Waals surface area contributed by atoms with Crippen LogP contribution in [-0.2, 0) is 9.59 Å². The van der Waals surface area contributed by atoms with Crippen LogP contribution in [0, 0.1) is 6.92 Å². The number of anilines is 1. The third kappa shape index (κ3) is 3.50. The van der Waals surface area contributed by atoms with Crippen LogP contribution in [-0.4, -0.2) is 34.0 Å². The maximum absolute atomic E-state index is 13.1. The molecule has 2 aromatic carbocycles. The van der Waals surface area contributed by atoms with E-state index in [-0.39, 0.29) is 22.8 Å². The van der Waals surface area contributed by atoms with Crippen molar-refractivity contribution < 1.29 is 24.5 Å². The first-order valence-electron chi connectivity index (χ1n) is 9.57. The van der Waals surface area contributed by atoms with E-state index >= 15 is 0 Å². The van der Waals surface area contributed by atoms with Gasteiger partial charge >= 0.3 is 0 Å². The Morgan fingerprint density at radius 3 is 2.48 bits per heavy atom. The Hall–Kier alpha value is -4.13. The first-order valence-corrected chi connectivity index (χ1v) is 9.57. The number of aliphatic hydroxyl groups is 1. The Balaban J connectivity index is 1.96. The molecule has 156 valence electrons. The fourth-order valence-electron chi connectivity index (χ4n) is 3.64. The third-order valence-corrected chi connectivity index (χ3v) is 5.21. The number of aromatic nitrogens is 1. The standard InChI is InChI=1S/C24H20N2O5/c1-14-5-7-15(8-6-14)22(28)20-21(16-9-10-18(27)19(12-16)31-2)26(24(30)23(20)29)17-4-3-11-25-13-17/h3-13,21,27-28H,1-2H3/t21-/m0/s1. The van der Waals surface area contributed by atoms with E-state index in [1.807, 2.05) is 19.1 Å². The summed E-state index contributed by atoms with van der Waals surface area (Å²) in [4.78, 5) is 31.4. The van der Waals surface area contributed by atoms with Crippen LogP contribution in [0.15, 0.2) is 72.6 Å². The van der Waals surface area contributed by atoms with Crippen molar-refractivity contribution >= 4 is 23.1 Å². The van der Waals surface area contributed by atoms with E-state index in [1.54, 1.807) is 36.5 Å². The quantitative estimate of drug-likeness (QED) is 0.382. The van der Waals surface area contributed by atoms with Gasteiger partial charge in [-0.25, -0.2) is 0 Å². The monoisotopic (exact) mass is 416 g/mol. The molecule has 2 heterocycles. The minimum absolute atomic E-state index is 0.0505. The van der Waals surface area contributed by atoms with Crippen molar-refractivity contribution in [3.05, 3.63) is 89.3 Å². The molecule has 0 radical (unpaired) electrons. The highest BCUT2D eigenvalue weighted by molar-refractivity contribution is 6.51. The number of benzene rings is 2. The molecule has 1 aliphatic rings. The summed E-state index contributed by atoms with van der Waals surface area (Å²) in [5.74, 6) is -1.76. The van der Waals surface area contributed by atoms with E-state index < -0.39 is 17.7 Å². The van der Waals surface area contributed by atoms with Crippen molar-refractivity contribution in [1.29, 1.82) is 0 Å². The number of rotatable bonds is 4. The Morgan fingerprint density at radius 2 is 1.84 bits per heavy atom. The lowest BCUT2D eigenvalue weighted by Gasteiger charge is -2.25. The van der Waals surface area contributed by atoms with Crippen LogP contribution < -0.4 is 9.64 Å². The SMILES string of the molecule is COc1cc([C@H]2C(=C(O)c3ccc(C)cc3)C(=O)C(=O)N2c2cccnc2)ccc1O. The summed E-state index contributed by atoms with van der Waals surface area (Å²) < 4.78 is 5.20. The molecule has 31 heavy (non-hydrogen) atoms. The Bertz CT molecular complexity index is 1190. The molecule has 7 nitrogen and oxygen atoms in total. The highest BCUT2D eigenvalue weighted by Gasteiger charge is 2.47. The highest BCUT2D eigenvalue weighted by atomic mass is 16.5. The van der Waals surface area contributed by atoms with Crippen LogP contribution in [0.4, 0.5) is 5.69 Å². The first-order chi connectivity index (χ1) is 14.9. The second-order valence-electron chi connectivity index (χ2n) is 7.18. The molecule has 0 bridgehead atoms. The molecule has 1 amide bonds. The van der Waals surface area contributed by atoms with Gasteiger partial charge in [0.25, 0.3) is 11.7 Å². The van der Waals surface area contributed by atoms with Crippen molar-refractivity contribution in [2.75, 3.05) is 12.0 Å². The molecule has 0 saturated carbocycles. The smallest absolute Gasteiger partial charge is 0.300 e. The zero-order valence-corrected chi connectivity index (χ0v) is 16.9. The molecule has 4 rings (SSSR count). The average molecular weight is 416 g/mol. The number of carbonyl (C=O) groups excluding carboxylic acids is 2. The number of Topliss-reactive ketones (excluding diaryl/α,β-unsaturated/α-hetero) is 1. The minimum atomic E-state index is -0.931. The summed E-state index contributed by atoms with van der Waals surface area (Å²) in [6, 6.07) is 13.9. The third-order valence-electron chi connectivity index (χ3n) is 5.21. The lowest BCUT2D eigenvalue weighted by atomic mass is 9.94. The van der Waals surface area contributed by atoms with Crippen molar-refractivity contribution in [3.63, 3.8) is 0 Å². The van der Waals surface area contributed by atoms with Crippen LogP contribution in [0.2, 0.25) is 0 Å². The van der Waals surface area contributed by atoms with Crippen molar-refractivity contribution in [1.82, 2.24) is 4.98 Å². The Kier molecular flexibility index (Phi) is 5.17. The number of aromatic hydroxyl groups is 1.